The van der Waals surface area contributed by atoms with Gasteiger partial charge in [0.15, 0.2) is 0 Å². The standard InChI is InChI=1S/C32H37FO/c1-3-5-6-21-34-23-31-20-19-30(22-32(31)33)29-17-15-28(16-18-29)27-13-11-26(12-14-27)25-9-7-24(4-2)8-10-25/h4,11-20,22,24-25H,2-3,5-10,21,23H2,1H3/t24-,25-. The highest BCUT2D eigenvalue weighted by atomic mass is 19.1. The molecule has 1 aliphatic rings. The second kappa shape index (κ2) is 12.1. The number of benzene rings is 3. The van der Waals surface area contributed by atoms with Crippen molar-refractivity contribution in [1.82, 2.24) is 0 Å². The number of unbranched alkanes of at least 4 members (excludes halogenated alkanes) is 2. The highest BCUT2D eigenvalue weighted by Gasteiger charge is 2.20. The van der Waals surface area contributed by atoms with Crippen LogP contribution in [0.1, 0.15) is 68.9 Å². The van der Waals surface area contributed by atoms with Crippen LogP contribution in [0.2, 0.25) is 0 Å². The maximum Gasteiger partial charge on any atom is 0.129 e. The Hall–Kier alpha value is -2.71. The van der Waals surface area contributed by atoms with Crippen LogP contribution in [0.15, 0.2) is 79.4 Å². The molecule has 0 aromatic heterocycles. The normalized spacial score (nSPS) is 18.1. The first-order valence-electron chi connectivity index (χ1n) is 12.9. The maximum atomic E-state index is 14.6. The molecule has 0 radical (unpaired) electrons. The molecule has 1 nitrogen and oxygen atoms in total. The molecule has 34 heavy (non-hydrogen) atoms. The second-order valence-electron chi connectivity index (χ2n) is 9.61. The van der Waals surface area contributed by atoms with Crippen molar-refractivity contribution in [2.45, 2.75) is 64.4 Å². The van der Waals surface area contributed by atoms with Crippen molar-refractivity contribution in [2.75, 3.05) is 6.61 Å². The van der Waals surface area contributed by atoms with E-state index in [0.29, 0.717) is 30.6 Å². The fraction of sp³-hybridized carbons (Fsp3) is 0.375. The smallest absolute Gasteiger partial charge is 0.129 e. The van der Waals surface area contributed by atoms with E-state index in [1.165, 1.54) is 42.4 Å². The Labute approximate surface area is 204 Å². The van der Waals surface area contributed by atoms with Crippen LogP contribution >= 0.6 is 0 Å². The Balaban J connectivity index is 1.37. The van der Waals surface area contributed by atoms with Gasteiger partial charge in [-0.2, -0.15) is 0 Å². The fourth-order valence-electron chi connectivity index (χ4n) is 4.97. The Bertz CT molecular complexity index is 1040. The maximum absolute atomic E-state index is 14.6. The lowest BCUT2D eigenvalue weighted by atomic mass is 9.78. The molecule has 0 heterocycles. The molecule has 3 aromatic rings. The first-order valence-corrected chi connectivity index (χ1v) is 12.9. The van der Waals surface area contributed by atoms with Gasteiger partial charge >= 0.3 is 0 Å². The van der Waals surface area contributed by atoms with E-state index in [2.05, 4.69) is 68.1 Å². The molecule has 2 heteroatoms. The van der Waals surface area contributed by atoms with Crippen LogP contribution in [0, 0.1) is 11.7 Å². The number of ether oxygens (including phenoxy) is 1. The summed E-state index contributed by atoms with van der Waals surface area (Å²) in [6, 6.07) is 22.9. The van der Waals surface area contributed by atoms with E-state index in [4.69, 9.17) is 4.74 Å². The average Bonchev–Trinajstić information content (AvgIpc) is 2.89. The van der Waals surface area contributed by atoms with E-state index in [-0.39, 0.29) is 5.82 Å². The zero-order valence-corrected chi connectivity index (χ0v) is 20.4. The van der Waals surface area contributed by atoms with Gasteiger partial charge in [-0.1, -0.05) is 86.5 Å². The summed E-state index contributed by atoms with van der Waals surface area (Å²) in [6.07, 6.45) is 10.5. The van der Waals surface area contributed by atoms with Gasteiger partial charge in [-0.3, -0.25) is 0 Å². The number of halogens is 1. The topological polar surface area (TPSA) is 9.23 Å². The fourth-order valence-corrected chi connectivity index (χ4v) is 4.97. The second-order valence-corrected chi connectivity index (χ2v) is 9.61. The molecular weight excluding hydrogens is 419 g/mol. The first-order chi connectivity index (χ1) is 16.7. The minimum atomic E-state index is -0.199. The van der Waals surface area contributed by atoms with Gasteiger partial charge in [-0.25, -0.2) is 4.39 Å². The van der Waals surface area contributed by atoms with E-state index in [1.54, 1.807) is 6.07 Å². The van der Waals surface area contributed by atoms with Gasteiger partial charge in [0.05, 0.1) is 6.61 Å². The van der Waals surface area contributed by atoms with Crippen LogP contribution in [0.25, 0.3) is 22.3 Å². The molecule has 3 aromatic carbocycles. The lowest BCUT2D eigenvalue weighted by Gasteiger charge is -2.27. The summed E-state index contributed by atoms with van der Waals surface area (Å²) in [5.41, 5.74) is 6.39. The summed E-state index contributed by atoms with van der Waals surface area (Å²) in [7, 11) is 0. The van der Waals surface area contributed by atoms with Crippen molar-refractivity contribution < 1.29 is 9.13 Å². The van der Waals surface area contributed by atoms with E-state index in [9.17, 15) is 4.39 Å². The Kier molecular flexibility index (Phi) is 8.71. The molecule has 0 N–H and O–H groups in total. The third-order valence-corrected chi connectivity index (χ3v) is 7.24. The molecule has 1 saturated carbocycles. The molecular formula is C32H37FO. The summed E-state index contributed by atoms with van der Waals surface area (Å²) in [5.74, 6) is 1.17. The largest absolute Gasteiger partial charge is 0.377 e. The molecule has 0 unspecified atom stereocenters. The molecule has 4 rings (SSSR count). The molecule has 0 aliphatic heterocycles. The third-order valence-electron chi connectivity index (χ3n) is 7.24. The molecule has 0 atom stereocenters. The monoisotopic (exact) mass is 456 g/mol. The van der Waals surface area contributed by atoms with Crippen molar-refractivity contribution in [3.63, 3.8) is 0 Å². The quantitative estimate of drug-likeness (QED) is 0.218. The SMILES string of the molecule is C=C[C@H]1CC[C@H](c2ccc(-c3ccc(-c4ccc(COCCCCC)c(F)c4)cc3)cc2)CC1. The molecule has 0 saturated heterocycles. The van der Waals surface area contributed by atoms with Crippen molar-refractivity contribution >= 4 is 0 Å². The van der Waals surface area contributed by atoms with Crippen molar-refractivity contribution in [3.8, 4) is 22.3 Å². The van der Waals surface area contributed by atoms with E-state index < -0.39 is 0 Å². The predicted octanol–water partition coefficient (Wildman–Crippen LogP) is 9.33. The van der Waals surface area contributed by atoms with Crippen LogP contribution in [0.5, 0.6) is 0 Å². The van der Waals surface area contributed by atoms with Crippen LogP contribution < -0.4 is 0 Å². The van der Waals surface area contributed by atoms with Gasteiger partial charge in [0.2, 0.25) is 0 Å². The Morgan fingerprint density at radius 1 is 0.824 bits per heavy atom. The van der Waals surface area contributed by atoms with Gasteiger partial charge in [0.1, 0.15) is 5.82 Å². The summed E-state index contributed by atoms with van der Waals surface area (Å²) in [4.78, 5) is 0. The zero-order chi connectivity index (χ0) is 23.8. The highest BCUT2D eigenvalue weighted by Crippen LogP contribution is 2.37. The van der Waals surface area contributed by atoms with Gasteiger partial charge in [-0.05, 0) is 77.8 Å². The van der Waals surface area contributed by atoms with E-state index in [0.717, 1.165) is 30.4 Å². The Morgan fingerprint density at radius 3 is 2.00 bits per heavy atom. The highest BCUT2D eigenvalue weighted by molar-refractivity contribution is 5.70. The average molecular weight is 457 g/mol. The summed E-state index contributed by atoms with van der Waals surface area (Å²) < 4.78 is 20.2. The van der Waals surface area contributed by atoms with Crippen LogP contribution in [0.4, 0.5) is 4.39 Å². The van der Waals surface area contributed by atoms with E-state index in [1.807, 2.05) is 12.1 Å². The molecule has 0 amide bonds. The lowest BCUT2D eigenvalue weighted by Crippen LogP contribution is -2.11. The zero-order valence-electron chi connectivity index (χ0n) is 20.4. The summed E-state index contributed by atoms with van der Waals surface area (Å²) in [5, 5.41) is 0. The van der Waals surface area contributed by atoms with Crippen molar-refractivity contribution in [2.24, 2.45) is 5.92 Å². The lowest BCUT2D eigenvalue weighted by molar-refractivity contribution is 0.115. The van der Waals surface area contributed by atoms with Crippen LogP contribution in [-0.4, -0.2) is 6.61 Å². The number of hydrogen-bond donors (Lipinski definition) is 0. The first kappa shape index (κ1) is 24.4. The minimum absolute atomic E-state index is 0.199. The van der Waals surface area contributed by atoms with Gasteiger partial charge in [0.25, 0.3) is 0 Å². The van der Waals surface area contributed by atoms with E-state index >= 15 is 0 Å². The molecule has 1 fully saturated rings. The Morgan fingerprint density at radius 2 is 1.41 bits per heavy atom. The van der Waals surface area contributed by atoms with Gasteiger partial charge in [0, 0.05) is 12.2 Å². The molecule has 1 aliphatic carbocycles. The predicted molar refractivity (Wildman–Crippen MR) is 141 cm³/mol. The molecule has 0 bridgehead atoms. The van der Waals surface area contributed by atoms with Gasteiger partial charge in [-0.15, -0.1) is 6.58 Å². The third kappa shape index (κ3) is 6.24. The number of allylic oxidation sites excluding steroid dienone is 1. The van der Waals surface area contributed by atoms with Crippen molar-refractivity contribution in [3.05, 3.63) is 96.3 Å². The van der Waals surface area contributed by atoms with Gasteiger partial charge < -0.3 is 4.74 Å². The number of hydrogen-bond acceptors (Lipinski definition) is 1. The van der Waals surface area contributed by atoms with Crippen LogP contribution in [-0.2, 0) is 11.3 Å². The number of rotatable bonds is 10. The minimum Gasteiger partial charge on any atom is -0.377 e. The molecule has 0 spiro atoms. The summed E-state index contributed by atoms with van der Waals surface area (Å²) >= 11 is 0. The summed E-state index contributed by atoms with van der Waals surface area (Å²) in [6.45, 7) is 7.14. The van der Waals surface area contributed by atoms with Crippen molar-refractivity contribution in [1.29, 1.82) is 0 Å². The molecule has 178 valence electrons. The van der Waals surface area contributed by atoms with Crippen LogP contribution in [0.3, 0.4) is 0 Å².